The van der Waals surface area contributed by atoms with Gasteiger partial charge in [-0.05, 0) is 31.2 Å². The van der Waals surface area contributed by atoms with Crippen LogP contribution in [0, 0.1) is 5.82 Å². The number of aliphatic hydroxyl groups excluding tert-OH is 1. The van der Waals surface area contributed by atoms with Gasteiger partial charge in [0.15, 0.2) is 6.23 Å². The van der Waals surface area contributed by atoms with Crippen molar-refractivity contribution in [3.63, 3.8) is 0 Å². The molecule has 1 heterocycles. The van der Waals surface area contributed by atoms with Crippen LogP contribution >= 0.6 is 0 Å². The van der Waals surface area contributed by atoms with Crippen molar-refractivity contribution in [1.82, 2.24) is 10.2 Å². The van der Waals surface area contributed by atoms with Crippen molar-refractivity contribution in [1.29, 1.82) is 0 Å². The largest absolute Gasteiger partial charge is 0.394 e. The second-order valence-corrected chi connectivity index (χ2v) is 5.36. The topological polar surface area (TPSA) is 88.1 Å². The molecule has 24 heavy (non-hydrogen) atoms. The van der Waals surface area contributed by atoms with Gasteiger partial charge in [-0.2, -0.15) is 0 Å². The Morgan fingerprint density at radius 1 is 1.46 bits per heavy atom. The molecule has 0 radical (unpaired) electrons. The summed E-state index contributed by atoms with van der Waals surface area (Å²) in [5, 5.41) is 11.4. The molecule has 0 spiro atoms. The Labute approximate surface area is 139 Å². The van der Waals surface area contributed by atoms with Crippen LogP contribution in [0.15, 0.2) is 24.3 Å². The zero-order valence-electron chi connectivity index (χ0n) is 13.4. The minimum absolute atomic E-state index is 0.0914. The van der Waals surface area contributed by atoms with Crippen molar-refractivity contribution in [2.45, 2.75) is 19.2 Å². The van der Waals surface area contributed by atoms with Crippen molar-refractivity contribution in [3.05, 3.63) is 35.6 Å². The molecule has 2 unspecified atom stereocenters. The van der Waals surface area contributed by atoms with Gasteiger partial charge in [0.25, 0.3) is 5.91 Å². The number of rotatable bonds is 6. The van der Waals surface area contributed by atoms with Gasteiger partial charge < -0.3 is 24.8 Å². The summed E-state index contributed by atoms with van der Waals surface area (Å²) in [5.41, 5.74) is 0.270. The van der Waals surface area contributed by atoms with Gasteiger partial charge in [0, 0.05) is 12.1 Å². The number of nitrogens with one attached hydrogen (secondary N) is 1. The van der Waals surface area contributed by atoms with Gasteiger partial charge in [-0.25, -0.2) is 4.39 Å². The van der Waals surface area contributed by atoms with Crippen LogP contribution in [-0.4, -0.2) is 67.1 Å². The van der Waals surface area contributed by atoms with Crippen molar-refractivity contribution in [3.8, 4) is 0 Å². The Hall–Kier alpha value is -2.03. The molecule has 1 aromatic rings. The van der Waals surface area contributed by atoms with Crippen molar-refractivity contribution in [2.75, 3.05) is 33.0 Å². The summed E-state index contributed by atoms with van der Waals surface area (Å²) in [4.78, 5) is 26.1. The molecule has 1 aliphatic rings. The Balaban J connectivity index is 1.96. The summed E-state index contributed by atoms with van der Waals surface area (Å²) >= 11 is 0. The maximum Gasteiger partial charge on any atom is 0.251 e. The molecule has 2 atom stereocenters. The quantitative estimate of drug-likeness (QED) is 0.769. The smallest absolute Gasteiger partial charge is 0.251 e. The van der Waals surface area contributed by atoms with Crippen molar-refractivity contribution in [2.24, 2.45) is 0 Å². The molecule has 0 bridgehead atoms. The lowest BCUT2D eigenvalue weighted by molar-refractivity contribution is -0.171. The highest BCUT2D eigenvalue weighted by Gasteiger charge is 2.31. The number of hydrogen-bond acceptors (Lipinski definition) is 5. The van der Waals surface area contributed by atoms with E-state index in [0.29, 0.717) is 13.2 Å². The number of hydrogen-bond donors (Lipinski definition) is 2. The first-order valence-electron chi connectivity index (χ1n) is 7.70. The zero-order valence-corrected chi connectivity index (χ0v) is 13.4. The molecule has 2 amide bonds. The lowest BCUT2D eigenvalue weighted by atomic mass is 10.2. The van der Waals surface area contributed by atoms with Crippen LogP contribution in [-0.2, 0) is 14.3 Å². The Morgan fingerprint density at radius 3 is 2.83 bits per heavy atom. The maximum absolute atomic E-state index is 12.9. The molecular formula is C16H21FN2O5. The Morgan fingerprint density at radius 2 is 2.17 bits per heavy atom. The average Bonchev–Trinajstić information content (AvgIpc) is 2.60. The van der Waals surface area contributed by atoms with E-state index in [1.807, 2.05) is 0 Å². The Bertz CT molecular complexity index is 566. The first kappa shape index (κ1) is 18.3. The van der Waals surface area contributed by atoms with Gasteiger partial charge in [-0.3, -0.25) is 9.59 Å². The number of carbonyl (C=O) groups excluding carboxylic acids is 2. The molecule has 0 aliphatic carbocycles. The van der Waals surface area contributed by atoms with Crippen LogP contribution in [0.2, 0.25) is 0 Å². The van der Waals surface area contributed by atoms with Gasteiger partial charge >= 0.3 is 0 Å². The SMILES string of the molecule is CC(NC(=O)c1ccc(F)cc1)C(=O)N1CCOCC1OCCO. The highest BCUT2D eigenvalue weighted by molar-refractivity contribution is 5.97. The highest BCUT2D eigenvalue weighted by atomic mass is 19.1. The monoisotopic (exact) mass is 340 g/mol. The predicted octanol–water partition coefficient (Wildman–Crippen LogP) is 0.138. The summed E-state index contributed by atoms with van der Waals surface area (Å²) < 4.78 is 23.6. The van der Waals surface area contributed by atoms with Gasteiger partial charge in [0.05, 0.1) is 26.4 Å². The second kappa shape index (κ2) is 8.72. The average molecular weight is 340 g/mol. The van der Waals surface area contributed by atoms with Gasteiger partial charge in [0.2, 0.25) is 5.91 Å². The molecule has 0 aromatic heterocycles. The fraction of sp³-hybridized carbons (Fsp3) is 0.500. The molecule has 8 heteroatoms. The number of ether oxygens (including phenoxy) is 2. The van der Waals surface area contributed by atoms with Gasteiger partial charge in [-0.1, -0.05) is 0 Å². The van der Waals surface area contributed by atoms with E-state index in [1.165, 1.54) is 29.2 Å². The molecule has 7 nitrogen and oxygen atoms in total. The molecule has 0 saturated carbocycles. The molecule has 2 rings (SSSR count). The molecule has 1 fully saturated rings. The summed E-state index contributed by atoms with van der Waals surface area (Å²) in [5.74, 6) is -1.21. The van der Waals surface area contributed by atoms with Crippen LogP contribution < -0.4 is 5.32 Å². The standard InChI is InChI=1S/C16H21FN2O5/c1-11(18-15(21)12-2-4-13(17)5-3-12)16(22)19-6-8-23-10-14(19)24-9-7-20/h2-5,11,14,20H,6-10H2,1H3,(H,18,21). The van der Waals surface area contributed by atoms with E-state index in [-0.39, 0.29) is 31.3 Å². The minimum Gasteiger partial charge on any atom is -0.394 e. The Kier molecular flexibility index (Phi) is 6.65. The first-order valence-corrected chi connectivity index (χ1v) is 7.70. The van der Waals surface area contributed by atoms with E-state index in [9.17, 15) is 14.0 Å². The first-order chi connectivity index (χ1) is 11.5. The summed E-state index contributed by atoms with van der Waals surface area (Å²) in [6.07, 6.45) is -0.594. The number of benzene rings is 1. The van der Waals surface area contributed by atoms with Crippen LogP contribution in [0.5, 0.6) is 0 Å². The van der Waals surface area contributed by atoms with Gasteiger partial charge in [0.1, 0.15) is 11.9 Å². The third kappa shape index (κ3) is 4.73. The number of aliphatic hydroxyl groups is 1. The molecule has 1 aliphatic heterocycles. The van der Waals surface area contributed by atoms with E-state index >= 15 is 0 Å². The normalized spacial score (nSPS) is 19.0. The number of halogens is 1. The lowest BCUT2D eigenvalue weighted by Gasteiger charge is -2.36. The lowest BCUT2D eigenvalue weighted by Crippen LogP contribution is -2.56. The van der Waals surface area contributed by atoms with E-state index < -0.39 is 24.0 Å². The molecular weight excluding hydrogens is 319 g/mol. The van der Waals surface area contributed by atoms with Crippen LogP contribution in [0.1, 0.15) is 17.3 Å². The summed E-state index contributed by atoms with van der Waals surface area (Å²) in [6.45, 7) is 2.44. The van der Waals surface area contributed by atoms with Crippen molar-refractivity contribution < 1.29 is 28.6 Å². The summed E-state index contributed by atoms with van der Waals surface area (Å²) in [6, 6.07) is 4.29. The summed E-state index contributed by atoms with van der Waals surface area (Å²) in [7, 11) is 0. The fourth-order valence-electron chi connectivity index (χ4n) is 2.35. The fourth-order valence-corrected chi connectivity index (χ4v) is 2.35. The molecule has 1 aromatic carbocycles. The third-order valence-corrected chi connectivity index (χ3v) is 3.59. The van der Waals surface area contributed by atoms with Gasteiger partial charge in [-0.15, -0.1) is 0 Å². The van der Waals surface area contributed by atoms with Crippen LogP contribution in [0.4, 0.5) is 4.39 Å². The van der Waals surface area contributed by atoms with Crippen LogP contribution in [0.3, 0.4) is 0 Å². The molecule has 132 valence electrons. The van der Waals surface area contributed by atoms with E-state index in [0.717, 1.165) is 0 Å². The molecule has 1 saturated heterocycles. The second-order valence-electron chi connectivity index (χ2n) is 5.36. The molecule has 2 N–H and O–H groups in total. The minimum atomic E-state index is -0.777. The third-order valence-electron chi connectivity index (χ3n) is 3.59. The number of amides is 2. The number of morpholine rings is 1. The number of nitrogens with zero attached hydrogens (tertiary/aromatic N) is 1. The zero-order chi connectivity index (χ0) is 17.5. The van der Waals surface area contributed by atoms with E-state index in [1.54, 1.807) is 6.92 Å². The highest BCUT2D eigenvalue weighted by Crippen LogP contribution is 2.11. The van der Waals surface area contributed by atoms with Crippen molar-refractivity contribution >= 4 is 11.8 Å². The van der Waals surface area contributed by atoms with Crippen LogP contribution in [0.25, 0.3) is 0 Å². The maximum atomic E-state index is 12.9. The van der Waals surface area contributed by atoms with E-state index in [4.69, 9.17) is 14.6 Å². The van der Waals surface area contributed by atoms with E-state index in [2.05, 4.69) is 5.32 Å². The number of carbonyl (C=O) groups is 2. The predicted molar refractivity (Wildman–Crippen MR) is 82.7 cm³/mol.